The van der Waals surface area contributed by atoms with Crippen LogP contribution in [0.1, 0.15) is 226 Å². The Kier molecular flexibility index (Phi) is 39.6. The van der Waals surface area contributed by atoms with Crippen molar-refractivity contribution in [3.05, 3.63) is 0 Å². The molecule has 0 saturated carbocycles. The van der Waals surface area contributed by atoms with Crippen molar-refractivity contribution in [2.75, 3.05) is 33.7 Å². The van der Waals surface area contributed by atoms with E-state index in [1.165, 1.54) is 161 Å². The quantitative estimate of drug-likeness (QED) is 0.0371. The van der Waals surface area contributed by atoms with Crippen molar-refractivity contribution in [1.29, 1.82) is 0 Å². The summed E-state index contributed by atoms with van der Waals surface area (Å²) in [6.07, 6.45) is 38.7. The Labute approximate surface area is 321 Å². The fourth-order valence-corrected chi connectivity index (χ4v) is 7.39. The molecule has 9 heteroatoms. The summed E-state index contributed by atoms with van der Waals surface area (Å²) in [5, 5.41) is 0. The Morgan fingerprint density at radius 1 is 0.519 bits per heavy atom. The molecule has 0 aliphatic heterocycles. The molecule has 0 spiro atoms. The lowest BCUT2D eigenvalue weighted by molar-refractivity contribution is -0.129. The minimum Gasteiger partial charge on any atom is -0.382 e. The molecular weight excluding hydrogens is 675 g/mol. The first-order chi connectivity index (χ1) is 25.4. The van der Waals surface area contributed by atoms with E-state index >= 15 is 0 Å². The lowest BCUT2D eigenvalue weighted by atomic mass is 9.92. The van der Waals surface area contributed by atoms with Crippen molar-refractivity contribution in [3.8, 4) is 0 Å². The number of hydrogen-bond acceptors (Lipinski definition) is 7. The zero-order chi connectivity index (χ0) is 38.2. The summed E-state index contributed by atoms with van der Waals surface area (Å²) >= 11 is 0. The SMILES string of the molecule is CCCCCCCCCCCCCCCCCC(=O)CC(COP(=O)(O)OCOCCOC)C(=O)CCCCCCCCCCCCCCCCC. The number of phosphoric ester groups is 1. The van der Waals surface area contributed by atoms with Gasteiger partial charge in [-0.15, -0.1) is 0 Å². The van der Waals surface area contributed by atoms with Crippen LogP contribution in [0, 0.1) is 5.92 Å². The number of hydrogen-bond donors (Lipinski definition) is 1. The summed E-state index contributed by atoms with van der Waals surface area (Å²) in [6.45, 7) is 4.34. The lowest BCUT2D eigenvalue weighted by Crippen LogP contribution is -2.23. The molecule has 0 saturated heterocycles. The summed E-state index contributed by atoms with van der Waals surface area (Å²) < 4.78 is 32.4. The highest BCUT2D eigenvalue weighted by molar-refractivity contribution is 7.47. The maximum absolute atomic E-state index is 13.2. The third kappa shape index (κ3) is 37.7. The maximum Gasteiger partial charge on any atom is 0.474 e. The molecule has 0 aromatic carbocycles. The van der Waals surface area contributed by atoms with Gasteiger partial charge in [-0.05, 0) is 12.8 Å². The van der Waals surface area contributed by atoms with E-state index in [0.29, 0.717) is 19.4 Å². The maximum atomic E-state index is 13.2. The summed E-state index contributed by atoms with van der Waals surface area (Å²) in [6, 6.07) is 0. The van der Waals surface area contributed by atoms with Gasteiger partial charge in [0.15, 0.2) is 6.79 Å². The molecule has 0 aliphatic carbocycles. The van der Waals surface area contributed by atoms with Crippen LogP contribution < -0.4 is 0 Å². The fourth-order valence-electron chi connectivity index (χ4n) is 6.74. The normalized spacial score (nSPS) is 13.4. The molecule has 2 unspecified atom stereocenters. The topological polar surface area (TPSA) is 108 Å². The van der Waals surface area contributed by atoms with Gasteiger partial charge in [-0.3, -0.25) is 18.6 Å². The first-order valence-corrected chi connectivity index (χ1v) is 23.6. The number of ketones is 2. The van der Waals surface area contributed by atoms with Crippen LogP contribution in [0.25, 0.3) is 0 Å². The number of carbonyl (C=O) groups is 2. The van der Waals surface area contributed by atoms with E-state index in [2.05, 4.69) is 13.8 Å². The van der Waals surface area contributed by atoms with Gasteiger partial charge in [0.2, 0.25) is 0 Å². The standard InChI is InChI=1S/C43H85O8P/c1-4-6-8-10-12-14-16-18-20-22-24-26-28-30-32-34-42(44)38-41(39-50-52(46,47)51-40-49-37-36-48-3)43(45)35-33-31-29-27-25-23-21-19-17-15-13-11-9-7-5-2/h41H,4-40H2,1-3H3,(H,46,47). The van der Waals surface area contributed by atoms with Gasteiger partial charge in [-0.1, -0.05) is 194 Å². The van der Waals surface area contributed by atoms with Gasteiger partial charge in [0.1, 0.15) is 11.6 Å². The highest BCUT2D eigenvalue weighted by Crippen LogP contribution is 2.43. The van der Waals surface area contributed by atoms with Gasteiger partial charge in [0, 0.05) is 32.3 Å². The number of ether oxygens (including phenoxy) is 2. The molecule has 8 nitrogen and oxygen atoms in total. The van der Waals surface area contributed by atoms with E-state index in [0.717, 1.165) is 38.5 Å². The van der Waals surface area contributed by atoms with Crippen molar-refractivity contribution < 1.29 is 37.6 Å². The highest BCUT2D eigenvalue weighted by atomic mass is 31.2. The minimum absolute atomic E-state index is 0.0183. The smallest absolute Gasteiger partial charge is 0.382 e. The van der Waals surface area contributed by atoms with Gasteiger partial charge in [-0.25, -0.2) is 4.57 Å². The molecule has 0 bridgehead atoms. The third-order valence-electron chi connectivity index (χ3n) is 10.2. The van der Waals surface area contributed by atoms with Crippen LogP contribution in [-0.2, 0) is 32.7 Å². The van der Waals surface area contributed by atoms with E-state index in [9.17, 15) is 19.0 Å². The lowest BCUT2D eigenvalue weighted by Gasteiger charge is -2.18. The Morgan fingerprint density at radius 3 is 1.27 bits per heavy atom. The Hall–Kier alpha value is -0.630. The molecular formula is C43H85O8P. The third-order valence-corrected chi connectivity index (χ3v) is 11.1. The summed E-state index contributed by atoms with van der Waals surface area (Å²) in [5.41, 5.74) is 0. The predicted molar refractivity (Wildman–Crippen MR) is 217 cm³/mol. The van der Waals surface area contributed by atoms with Gasteiger partial charge in [0.25, 0.3) is 0 Å². The van der Waals surface area contributed by atoms with Crippen molar-refractivity contribution >= 4 is 19.4 Å². The van der Waals surface area contributed by atoms with Crippen LogP contribution in [0.2, 0.25) is 0 Å². The number of carbonyl (C=O) groups excluding carboxylic acids is 2. The second-order valence-electron chi connectivity index (χ2n) is 15.2. The zero-order valence-electron chi connectivity index (χ0n) is 34.5. The number of unbranched alkanes of at least 4 members (excludes halogenated alkanes) is 28. The number of Topliss-reactive ketones (excluding diaryl/α,β-unsaturated/α-hetero) is 2. The van der Waals surface area contributed by atoms with Crippen LogP contribution in [-0.4, -0.2) is 50.2 Å². The van der Waals surface area contributed by atoms with Crippen LogP contribution in [0.15, 0.2) is 0 Å². The van der Waals surface area contributed by atoms with E-state index in [-0.39, 0.29) is 31.2 Å². The molecule has 0 aromatic rings. The fraction of sp³-hybridized carbons (Fsp3) is 0.953. The molecule has 1 N–H and O–H groups in total. The van der Waals surface area contributed by atoms with Gasteiger partial charge < -0.3 is 14.4 Å². The summed E-state index contributed by atoms with van der Waals surface area (Å²) in [4.78, 5) is 36.2. The van der Waals surface area contributed by atoms with Crippen molar-refractivity contribution in [2.24, 2.45) is 5.92 Å². The molecule has 0 radical (unpaired) electrons. The van der Waals surface area contributed by atoms with Crippen LogP contribution in [0.4, 0.5) is 0 Å². The monoisotopic (exact) mass is 761 g/mol. The number of rotatable bonds is 44. The van der Waals surface area contributed by atoms with E-state index < -0.39 is 20.5 Å². The van der Waals surface area contributed by atoms with Crippen molar-refractivity contribution in [3.63, 3.8) is 0 Å². The van der Waals surface area contributed by atoms with Gasteiger partial charge in [0.05, 0.1) is 19.8 Å². The van der Waals surface area contributed by atoms with Gasteiger partial charge in [-0.2, -0.15) is 0 Å². The van der Waals surface area contributed by atoms with Crippen molar-refractivity contribution in [2.45, 2.75) is 226 Å². The highest BCUT2D eigenvalue weighted by Gasteiger charge is 2.28. The second kappa shape index (κ2) is 40.0. The van der Waals surface area contributed by atoms with Gasteiger partial charge >= 0.3 is 7.82 Å². The molecule has 0 heterocycles. The molecule has 0 rings (SSSR count). The minimum atomic E-state index is -4.42. The van der Waals surface area contributed by atoms with E-state index in [1.807, 2.05) is 0 Å². The molecule has 310 valence electrons. The summed E-state index contributed by atoms with van der Waals surface area (Å²) in [7, 11) is -2.89. The largest absolute Gasteiger partial charge is 0.474 e. The molecule has 0 aromatic heterocycles. The molecule has 2 atom stereocenters. The van der Waals surface area contributed by atoms with Crippen molar-refractivity contribution in [1.82, 2.24) is 0 Å². The molecule has 0 aliphatic rings. The summed E-state index contributed by atoms with van der Waals surface area (Å²) in [5.74, 6) is -0.797. The molecule has 0 fully saturated rings. The van der Waals surface area contributed by atoms with Crippen LogP contribution >= 0.6 is 7.82 Å². The van der Waals surface area contributed by atoms with E-state index in [1.54, 1.807) is 0 Å². The Morgan fingerprint density at radius 2 is 0.885 bits per heavy atom. The number of methoxy groups -OCH3 is 1. The first-order valence-electron chi connectivity index (χ1n) is 22.1. The Balaban J connectivity index is 4.31. The van der Waals surface area contributed by atoms with Crippen LogP contribution in [0.3, 0.4) is 0 Å². The average molecular weight is 761 g/mol. The van der Waals surface area contributed by atoms with E-state index in [4.69, 9.17) is 18.5 Å². The number of phosphoric acid groups is 1. The average Bonchev–Trinajstić information content (AvgIpc) is 3.13. The Bertz CT molecular complexity index is 823. The van der Waals surface area contributed by atoms with Crippen LogP contribution in [0.5, 0.6) is 0 Å². The molecule has 0 amide bonds. The second-order valence-corrected chi connectivity index (χ2v) is 16.7. The zero-order valence-corrected chi connectivity index (χ0v) is 35.4. The molecule has 52 heavy (non-hydrogen) atoms. The first kappa shape index (κ1) is 51.4. The predicted octanol–water partition coefficient (Wildman–Crippen LogP) is 13.4.